The van der Waals surface area contributed by atoms with Crippen LogP contribution >= 0.6 is 0 Å². The Bertz CT molecular complexity index is 1170. The molecule has 5 rings (SSSR count). The third-order valence-corrected chi connectivity index (χ3v) is 6.65. The number of hydrogen-bond donors (Lipinski definition) is 3. The molecule has 1 fully saturated rings. The summed E-state index contributed by atoms with van der Waals surface area (Å²) in [6.45, 7) is 0.593. The van der Waals surface area contributed by atoms with E-state index in [0.717, 1.165) is 28.2 Å². The first-order valence-electron chi connectivity index (χ1n) is 11.9. The van der Waals surface area contributed by atoms with Crippen LogP contribution in [0.5, 0.6) is 0 Å². The van der Waals surface area contributed by atoms with Crippen LogP contribution in [-0.2, 0) is 11.4 Å². The number of nitrogens with one attached hydrogen (secondary N) is 2. The van der Waals surface area contributed by atoms with Crippen molar-refractivity contribution in [2.45, 2.75) is 50.8 Å². The van der Waals surface area contributed by atoms with Crippen molar-refractivity contribution in [2.75, 3.05) is 5.32 Å². The fourth-order valence-corrected chi connectivity index (χ4v) is 4.67. The number of carboxylic acids is 1. The fourth-order valence-electron chi connectivity index (χ4n) is 4.67. The van der Waals surface area contributed by atoms with E-state index in [-0.39, 0.29) is 11.8 Å². The molecule has 6 nitrogen and oxygen atoms in total. The van der Waals surface area contributed by atoms with Crippen molar-refractivity contribution in [3.8, 4) is 0 Å². The number of carbonyl (C=O) groups is 1. The summed E-state index contributed by atoms with van der Waals surface area (Å²) in [5.41, 5.74) is 8.53. The normalized spacial score (nSPS) is 18.2. The molecule has 1 heterocycles. The Labute approximate surface area is 199 Å². The lowest BCUT2D eigenvalue weighted by molar-refractivity contribution is 0.0377. The van der Waals surface area contributed by atoms with Crippen LogP contribution in [0, 0.1) is 0 Å². The van der Waals surface area contributed by atoms with Crippen molar-refractivity contribution >= 4 is 17.5 Å². The third kappa shape index (κ3) is 5.13. The van der Waals surface area contributed by atoms with E-state index in [0.29, 0.717) is 12.5 Å². The van der Waals surface area contributed by atoms with Gasteiger partial charge in [0.2, 0.25) is 6.23 Å². The zero-order valence-corrected chi connectivity index (χ0v) is 19.0. The molecule has 3 aromatic carbocycles. The number of hydroxylamine groups is 1. The number of anilines is 1. The molecule has 0 saturated heterocycles. The molecular formula is C28H29N3O3. The first-order chi connectivity index (χ1) is 16.7. The molecule has 0 spiro atoms. The molecule has 0 bridgehead atoms. The molecular weight excluding hydrogens is 426 g/mol. The van der Waals surface area contributed by atoms with Gasteiger partial charge in [0.25, 0.3) is 0 Å². The first kappa shape index (κ1) is 22.2. The van der Waals surface area contributed by atoms with Crippen molar-refractivity contribution in [2.24, 2.45) is 4.99 Å². The van der Waals surface area contributed by atoms with Gasteiger partial charge in [0.05, 0.1) is 5.56 Å². The predicted molar refractivity (Wildman–Crippen MR) is 133 cm³/mol. The summed E-state index contributed by atoms with van der Waals surface area (Å²) in [5, 5.41) is 12.4. The van der Waals surface area contributed by atoms with E-state index in [2.05, 4.69) is 35.1 Å². The predicted octanol–water partition coefficient (Wildman–Crippen LogP) is 6.02. The minimum absolute atomic E-state index is 0.267. The SMILES string of the molecule is O=C(O)c1cccc(NCc2ccc(C3=NC(c4ccc(C5CCCCC5)cc4)ON3)cc2)c1. The highest BCUT2D eigenvalue weighted by atomic mass is 16.7. The van der Waals surface area contributed by atoms with Crippen molar-refractivity contribution in [3.05, 3.63) is 101 Å². The number of amidine groups is 1. The standard InChI is InChI=1S/C28H29N3O3/c32-28(33)24-7-4-8-25(17-24)29-18-19-9-11-22(12-10-19)26-30-27(34-31-26)23-15-13-21(14-16-23)20-5-2-1-3-6-20/h4,7-17,20,27,29H,1-3,5-6,18H2,(H,30,31)(H,32,33). The lowest BCUT2D eigenvalue weighted by atomic mass is 9.84. The zero-order valence-electron chi connectivity index (χ0n) is 19.0. The molecule has 1 unspecified atom stereocenters. The smallest absolute Gasteiger partial charge is 0.335 e. The Morgan fingerprint density at radius 1 is 0.971 bits per heavy atom. The molecule has 2 aliphatic rings. The molecule has 1 aliphatic carbocycles. The maximum absolute atomic E-state index is 11.1. The largest absolute Gasteiger partial charge is 0.478 e. The van der Waals surface area contributed by atoms with Gasteiger partial charge in [0, 0.05) is 23.4 Å². The van der Waals surface area contributed by atoms with Crippen LogP contribution in [0.25, 0.3) is 0 Å². The molecule has 3 N–H and O–H groups in total. The summed E-state index contributed by atoms with van der Waals surface area (Å²) in [4.78, 5) is 21.6. The van der Waals surface area contributed by atoms with E-state index in [9.17, 15) is 4.79 Å². The third-order valence-electron chi connectivity index (χ3n) is 6.65. The number of rotatable bonds is 7. The van der Waals surface area contributed by atoms with Gasteiger partial charge in [0.15, 0.2) is 5.84 Å². The zero-order chi connectivity index (χ0) is 23.3. The number of carboxylic acid groups (broad SMARTS) is 1. The summed E-state index contributed by atoms with van der Waals surface area (Å²) in [6.07, 6.45) is 6.28. The Kier molecular flexibility index (Phi) is 6.58. The lowest BCUT2D eigenvalue weighted by Gasteiger charge is -2.22. The molecule has 0 amide bonds. The maximum atomic E-state index is 11.1. The van der Waals surface area contributed by atoms with Gasteiger partial charge in [-0.05, 0) is 48.1 Å². The topological polar surface area (TPSA) is 83.0 Å². The van der Waals surface area contributed by atoms with Crippen LogP contribution in [0.4, 0.5) is 5.69 Å². The first-order valence-corrected chi connectivity index (χ1v) is 11.9. The molecule has 1 aliphatic heterocycles. The Morgan fingerprint density at radius 2 is 1.71 bits per heavy atom. The second-order valence-electron chi connectivity index (χ2n) is 8.99. The van der Waals surface area contributed by atoms with Gasteiger partial charge in [-0.25, -0.2) is 20.1 Å². The van der Waals surface area contributed by atoms with Crippen molar-refractivity contribution in [1.82, 2.24) is 5.48 Å². The summed E-state index contributed by atoms with van der Waals surface area (Å²) >= 11 is 0. The molecule has 0 aromatic heterocycles. The number of aliphatic imine (C=N–C) groups is 1. The van der Waals surface area contributed by atoms with Crippen LogP contribution in [0.3, 0.4) is 0 Å². The van der Waals surface area contributed by atoms with Crippen molar-refractivity contribution < 1.29 is 14.7 Å². The van der Waals surface area contributed by atoms with Gasteiger partial charge < -0.3 is 10.4 Å². The summed E-state index contributed by atoms with van der Waals surface area (Å²) in [7, 11) is 0. The number of nitrogens with zero attached hydrogens (tertiary/aromatic N) is 1. The summed E-state index contributed by atoms with van der Waals surface area (Å²) in [6, 6.07) is 23.6. The van der Waals surface area contributed by atoms with Gasteiger partial charge in [-0.3, -0.25) is 0 Å². The molecule has 1 saturated carbocycles. The Hall–Kier alpha value is -3.64. The minimum Gasteiger partial charge on any atom is -0.478 e. The molecule has 34 heavy (non-hydrogen) atoms. The molecule has 0 radical (unpaired) electrons. The average Bonchev–Trinajstić information content (AvgIpc) is 3.39. The molecule has 3 aromatic rings. The lowest BCUT2D eigenvalue weighted by Crippen LogP contribution is -2.18. The van der Waals surface area contributed by atoms with Crippen LogP contribution in [0.1, 0.15) is 76.9 Å². The Morgan fingerprint density at radius 3 is 2.44 bits per heavy atom. The van der Waals surface area contributed by atoms with E-state index in [1.807, 2.05) is 30.3 Å². The van der Waals surface area contributed by atoms with Crippen LogP contribution in [0.2, 0.25) is 0 Å². The Balaban J connectivity index is 1.20. The van der Waals surface area contributed by atoms with Gasteiger partial charge in [-0.1, -0.05) is 73.9 Å². The molecule has 6 heteroatoms. The fraction of sp³-hybridized carbons (Fsp3) is 0.286. The summed E-state index contributed by atoms with van der Waals surface area (Å²) < 4.78 is 0. The number of benzene rings is 3. The number of hydrogen-bond acceptors (Lipinski definition) is 5. The van der Waals surface area contributed by atoms with Crippen LogP contribution in [-0.4, -0.2) is 16.9 Å². The van der Waals surface area contributed by atoms with Gasteiger partial charge in [-0.2, -0.15) is 0 Å². The van der Waals surface area contributed by atoms with Gasteiger partial charge in [-0.15, -0.1) is 0 Å². The maximum Gasteiger partial charge on any atom is 0.335 e. The minimum atomic E-state index is -0.932. The van der Waals surface area contributed by atoms with Crippen molar-refractivity contribution in [3.63, 3.8) is 0 Å². The highest BCUT2D eigenvalue weighted by Gasteiger charge is 2.22. The average molecular weight is 456 g/mol. The quantitative estimate of drug-likeness (QED) is 0.405. The monoisotopic (exact) mass is 455 g/mol. The number of aromatic carboxylic acids is 1. The second kappa shape index (κ2) is 10.1. The van der Waals surface area contributed by atoms with Crippen molar-refractivity contribution in [1.29, 1.82) is 0 Å². The molecule has 174 valence electrons. The summed E-state index contributed by atoms with van der Waals surface area (Å²) in [5.74, 6) is 0.479. The van der Waals surface area contributed by atoms with E-state index in [4.69, 9.17) is 14.9 Å². The highest BCUT2D eigenvalue weighted by molar-refractivity contribution is 5.98. The van der Waals surface area contributed by atoms with E-state index in [1.165, 1.54) is 37.7 Å². The second-order valence-corrected chi connectivity index (χ2v) is 8.99. The van der Waals surface area contributed by atoms with E-state index < -0.39 is 5.97 Å². The van der Waals surface area contributed by atoms with Crippen LogP contribution in [0.15, 0.2) is 77.8 Å². The van der Waals surface area contributed by atoms with Gasteiger partial charge in [0.1, 0.15) is 0 Å². The van der Waals surface area contributed by atoms with Crippen LogP contribution < -0.4 is 10.8 Å². The van der Waals surface area contributed by atoms with E-state index >= 15 is 0 Å². The highest BCUT2D eigenvalue weighted by Crippen LogP contribution is 2.33. The molecule has 1 atom stereocenters. The van der Waals surface area contributed by atoms with E-state index in [1.54, 1.807) is 18.2 Å². The van der Waals surface area contributed by atoms with Gasteiger partial charge >= 0.3 is 5.97 Å².